The Hall–Kier alpha value is -0.780. The molecule has 0 aromatic heterocycles. The van der Waals surface area contributed by atoms with E-state index in [2.05, 4.69) is 6.58 Å². The smallest absolute Gasteiger partial charge is 0.0398 e. The van der Waals surface area contributed by atoms with Crippen molar-refractivity contribution >= 4 is 0 Å². The van der Waals surface area contributed by atoms with E-state index >= 15 is 0 Å². The molecule has 0 saturated carbocycles. The highest BCUT2D eigenvalue weighted by Gasteiger charge is 1.71. The third-order valence-electron chi connectivity index (χ3n) is 0.810. The first-order valence-corrected chi connectivity index (χ1v) is 4.73. The quantitative estimate of drug-likeness (QED) is 0.505. The van der Waals surface area contributed by atoms with Gasteiger partial charge in [-0.1, -0.05) is 71.6 Å². The van der Waals surface area contributed by atoms with Crippen LogP contribution in [0.1, 0.15) is 49.0 Å². The van der Waals surface area contributed by atoms with Gasteiger partial charge in [0.15, 0.2) is 0 Å². The fraction of sp³-hybridized carbons (Fsp3) is 0.538. The summed E-state index contributed by atoms with van der Waals surface area (Å²) in [6.07, 6.45) is 7.81. The van der Waals surface area contributed by atoms with Crippen molar-refractivity contribution in [3.63, 3.8) is 0 Å². The van der Waals surface area contributed by atoms with E-state index in [-0.39, 0.29) is 7.43 Å². The first-order valence-electron chi connectivity index (χ1n) is 4.73. The molecular formula is C13H28. The van der Waals surface area contributed by atoms with Gasteiger partial charge in [-0.3, -0.25) is 0 Å². The summed E-state index contributed by atoms with van der Waals surface area (Å²) in [5, 5.41) is 0. The number of hydrogen-bond donors (Lipinski definition) is 0. The number of allylic oxidation sites excluding steroid dienone is 5. The summed E-state index contributed by atoms with van der Waals surface area (Å²) in [7, 11) is 0. The molecule has 0 rings (SSSR count). The molecule has 0 amide bonds. The molecule has 0 saturated heterocycles. The van der Waals surface area contributed by atoms with Crippen molar-refractivity contribution in [1.82, 2.24) is 0 Å². The summed E-state index contributed by atoms with van der Waals surface area (Å²) >= 11 is 0. The maximum absolute atomic E-state index is 3.57. The van der Waals surface area contributed by atoms with Crippen molar-refractivity contribution in [3.05, 3.63) is 36.5 Å². The standard InChI is InChI=1S/C8H12.2C2H6.CH4/c1-4-6-8(3)7-5-2;2*1-2;/h4-7H,1H2,2-3H3;2*1-2H3;1H4/b7-5-,8-6-;;;. The second kappa shape index (κ2) is 30.3. The minimum atomic E-state index is 0. The van der Waals surface area contributed by atoms with Crippen LogP contribution in [0.25, 0.3) is 0 Å². The van der Waals surface area contributed by atoms with Crippen LogP contribution in [0.4, 0.5) is 0 Å². The molecule has 13 heavy (non-hydrogen) atoms. The lowest BCUT2D eigenvalue weighted by molar-refractivity contribution is 1.50. The molecule has 0 N–H and O–H groups in total. The Labute approximate surface area is 86.1 Å². The zero-order valence-corrected chi connectivity index (χ0v) is 9.52. The van der Waals surface area contributed by atoms with Gasteiger partial charge < -0.3 is 0 Å². The van der Waals surface area contributed by atoms with Crippen LogP contribution in [-0.4, -0.2) is 0 Å². The Kier molecular flexibility index (Phi) is 53.0. The summed E-state index contributed by atoms with van der Waals surface area (Å²) in [6, 6.07) is 0. The lowest BCUT2D eigenvalue weighted by atomic mass is 10.2. The van der Waals surface area contributed by atoms with Crippen LogP contribution in [-0.2, 0) is 0 Å². The summed E-state index contributed by atoms with van der Waals surface area (Å²) in [4.78, 5) is 0. The second-order valence-electron chi connectivity index (χ2n) is 1.65. The van der Waals surface area contributed by atoms with Crippen molar-refractivity contribution in [3.8, 4) is 0 Å². The van der Waals surface area contributed by atoms with E-state index in [0.717, 1.165) is 0 Å². The summed E-state index contributed by atoms with van der Waals surface area (Å²) in [5.41, 5.74) is 1.24. The minimum absolute atomic E-state index is 0. The molecule has 0 aromatic rings. The van der Waals surface area contributed by atoms with Crippen LogP contribution in [0.5, 0.6) is 0 Å². The molecule has 0 unspecified atom stereocenters. The van der Waals surface area contributed by atoms with Gasteiger partial charge in [0, 0.05) is 0 Å². The van der Waals surface area contributed by atoms with Crippen LogP contribution >= 0.6 is 0 Å². The van der Waals surface area contributed by atoms with Gasteiger partial charge in [-0.15, -0.1) is 0 Å². The van der Waals surface area contributed by atoms with Gasteiger partial charge in [0.05, 0.1) is 0 Å². The monoisotopic (exact) mass is 184 g/mol. The van der Waals surface area contributed by atoms with Crippen molar-refractivity contribution in [1.29, 1.82) is 0 Å². The molecule has 0 aromatic carbocycles. The molecule has 0 heterocycles. The van der Waals surface area contributed by atoms with E-state index in [0.29, 0.717) is 0 Å². The van der Waals surface area contributed by atoms with Gasteiger partial charge in [0.2, 0.25) is 0 Å². The van der Waals surface area contributed by atoms with Crippen molar-refractivity contribution in [2.45, 2.75) is 49.0 Å². The minimum Gasteiger partial charge on any atom is -0.0991 e. The second-order valence-corrected chi connectivity index (χ2v) is 1.65. The number of hydrogen-bond acceptors (Lipinski definition) is 0. The Balaban J connectivity index is -0.0000000712. The van der Waals surface area contributed by atoms with Crippen LogP contribution < -0.4 is 0 Å². The maximum Gasteiger partial charge on any atom is -0.0398 e. The molecule has 0 aliphatic heterocycles. The zero-order chi connectivity index (χ0) is 10.4. The SMILES string of the molecule is C.C=C/C=C(C)\C=C/C.CC.CC. The fourth-order valence-corrected chi connectivity index (χ4v) is 0.504. The van der Waals surface area contributed by atoms with Crippen LogP contribution in [0.3, 0.4) is 0 Å². The Morgan fingerprint density at radius 2 is 1.46 bits per heavy atom. The van der Waals surface area contributed by atoms with E-state index < -0.39 is 0 Å². The highest BCUT2D eigenvalue weighted by atomic mass is 13.8. The summed E-state index contributed by atoms with van der Waals surface area (Å²) in [6.45, 7) is 15.6. The van der Waals surface area contributed by atoms with E-state index in [1.54, 1.807) is 6.08 Å². The molecule has 0 radical (unpaired) electrons. The van der Waals surface area contributed by atoms with Crippen LogP contribution in [0.15, 0.2) is 36.5 Å². The molecule has 0 fully saturated rings. The average molecular weight is 184 g/mol. The molecule has 0 heteroatoms. The topological polar surface area (TPSA) is 0 Å². The third kappa shape index (κ3) is 35.0. The molecule has 0 atom stereocenters. The zero-order valence-electron chi connectivity index (χ0n) is 9.52. The van der Waals surface area contributed by atoms with Gasteiger partial charge in [-0.2, -0.15) is 0 Å². The Bertz CT molecular complexity index is 116. The highest BCUT2D eigenvalue weighted by Crippen LogP contribution is 1.92. The van der Waals surface area contributed by atoms with E-state index in [4.69, 9.17) is 0 Å². The first kappa shape index (κ1) is 22.8. The van der Waals surface area contributed by atoms with Gasteiger partial charge in [-0.05, 0) is 13.8 Å². The van der Waals surface area contributed by atoms with E-state index in [1.165, 1.54) is 5.57 Å². The maximum atomic E-state index is 3.57. The molecule has 0 bridgehead atoms. The van der Waals surface area contributed by atoms with Crippen molar-refractivity contribution < 1.29 is 0 Å². The Morgan fingerprint density at radius 1 is 1.08 bits per heavy atom. The van der Waals surface area contributed by atoms with Crippen molar-refractivity contribution in [2.24, 2.45) is 0 Å². The fourth-order valence-electron chi connectivity index (χ4n) is 0.504. The average Bonchev–Trinajstić information content (AvgIpc) is 2.12. The predicted octanol–water partition coefficient (Wildman–Crippen LogP) is 5.38. The van der Waals surface area contributed by atoms with Gasteiger partial charge >= 0.3 is 0 Å². The molecule has 80 valence electrons. The lowest BCUT2D eigenvalue weighted by Crippen LogP contribution is -1.61. The predicted molar refractivity (Wildman–Crippen MR) is 68.2 cm³/mol. The molecule has 0 aliphatic carbocycles. The van der Waals surface area contributed by atoms with E-state index in [9.17, 15) is 0 Å². The highest BCUT2D eigenvalue weighted by molar-refractivity contribution is 5.19. The Morgan fingerprint density at radius 3 is 1.69 bits per heavy atom. The molecular weight excluding hydrogens is 156 g/mol. The largest absolute Gasteiger partial charge is 0.0991 e. The number of rotatable bonds is 2. The molecule has 0 aliphatic rings. The first-order chi connectivity index (χ1) is 5.81. The summed E-state index contributed by atoms with van der Waals surface area (Å²) < 4.78 is 0. The molecule has 0 nitrogen and oxygen atoms in total. The molecule has 0 spiro atoms. The third-order valence-corrected chi connectivity index (χ3v) is 0.810. The van der Waals surface area contributed by atoms with Crippen LogP contribution in [0.2, 0.25) is 0 Å². The van der Waals surface area contributed by atoms with E-state index in [1.807, 2.05) is 59.8 Å². The normalized spacial score (nSPS) is 8.62. The van der Waals surface area contributed by atoms with Gasteiger partial charge in [0.1, 0.15) is 0 Å². The van der Waals surface area contributed by atoms with Gasteiger partial charge in [0.25, 0.3) is 0 Å². The lowest BCUT2D eigenvalue weighted by Gasteiger charge is -1.82. The van der Waals surface area contributed by atoms with Gasteiger partial charge in [-0.25, -0.2) is 0 Å². The van der Waals surface area contributed by atoms with Crippen molar-refractivity contribution in [2.75, 3.05) is 0 Å². The van der Waals surface area contributed by atoms with Crippen LogP contribution in [0, 0.1) is 0 Å². The summed E-state index contributed by atoms with van der Waals surface area (Å²) in [5.74, 6) is 0.